The number of rotatable bonds is 61. The van der Waals surface area contributed by atoms with E-state index in [1.54, 1.807) is 0 Å². The zero-order valence-electron chi connectivity index (χ0n) is 51.7. The Balaban J connectivity index is 4.07. The minimum absolute atomic E-state index is 0.0741. The van der Waals surface area contributed by atoms with Gasteiger partial charge in [0.05, 0.1) is 0 Å². The van der Waals surface area contributed by atoms with Crippen molar-refractivity contribution in [2.24, 2.45) is 0 Å². The van der Waals surface area contributed by atoms with Gasteiger partial charge in [-0.05, 0) is 96.3 Å². The molecular formula is C72H126O6. The Morgan fingerprint density at radius 2 is 0.500 bits per heavy atom. The van der Waals surface area contributed by atoms with Gasteiger partial charge in [-0.25, -0.2) is 0 Å². The van der Waals surface area contributed by atoms with Gasteiger partial charge in [0.15, 0.2) is 6.10 Å². The maximum Gasteiger partial charge on any atom is 0.306 e. The van der Waals surface area contributed by atoms with Gasteiger partial charge in [-0.15, -0.1) is 0 Å². The van der Waals surface area contributed by atoms with Crippen molar-refractivity contribution < 1.29 is 28.6 Å². The van der Waals surface area contributed by atoms with Crippen molar-refractivity contribution in [3.05, 3.63) is 85.1 Å². The lowest BCUT2D eigenvalue weighted by Gasteiger charge is -2.18. The third-order valence-electron chi connectivity index (χ3n) is 14.6. The van der Waals surface area contributed by atoms with Crippen LogP contribution in [0.1, 0.15) is 335 Å². The summed E-state index contributed by atoms with van der Waals surface area (Å²) < 4.78 is 16.9. The van der Waals surface area contributed by atoms with Gasteiger partial charge in [0, 0.05) is 19.3 Å². The molecule has 0 fully saturated rings. The fourth-order valence-electron chi connectivity index (χ4n) is 9.62. The molecule has 0 rings (SSSR count). The zero-order chi connectivity index (χ0) is 56.4. The Morgan fingerprint density at radius 3 is 0.795 bits per heavy atom. The summed E-state index contributed by atoms with van der Waals surface area (Å²) in [4.78, 5) is 38.2. The van der Waals surface area contributed by atoms with E-state index in [2.05, 4.69) is 106 Å². The Labute approximate surface area is 484 Å². The first-order valence-electron chi connectivity index (χ1n) is 33.6. The van der Waals surface area contributed by atoms with E-state index in [4.69, 9.17) is 14.2 Å². The molecule has 6 nitrogen and oxygen atoms in total. The van der Waals surface area contributed by atoms with Crippen LogP contribution < -0.4 is 0 Å². The average molecular weight is 1090 g/mol. The van der Waals surface area contributed by atoms with Crippen molar-refractivity contribution in [2.45, 2.75) is 341 Å². The van der Waals surface area contributed by atoms with E-state index in [0.29, 0.717) is 19.3 Å². The number of carbonyl (C=O) groups is 3. The number of ether oxygens (including phenoxy) is 3. The fraction of sp³-hybridized carbons (Fsp3) is 0.764. The van der Waals surface area contributed by atoms with Crippen LogP contribution in [0.2, 0.25) is 0 Å². The van der Waals surface area contributed by atoms with Crippen molar-refractivity contribution in [3.8, 4) is 0 Å². The van der Waals surface area contributed by atoms with Crippen LogP contribution in [-0.4, -0.2) is 37.2 Å². The predicted molar refractivity (Wildman–Crippen MR) is 339 cm³/mol. The molecule has 6 heteroatoms. The molecule has 0 spiro atoms. The molecular weight excluding hydrogens is 961 g/mol. The van der Waals surface area contributed by atoms with Gasteiger partial charge >= 0.3 is 17.9 Å². The van der Waals surface area contributed by atoms with Gasteiger partial charge in [-0.2, -0.15) is 0 Å². The molecule has 0 aromatic heterocycles. The quantitative estimate of drug-likeness (QED) is 0.0261. The molecule has 0 aromatic carbocycles. The summed E-state index contributed by atoms with van der Waals surface area (Å²) in [5.41, 5.74) is 0. The number of carbonyl (C=O) groups excluding carboxylic acids is 3. The van der Waals surface area contributed by atoms with Gasteiger partial charge < -0.3 is 14.2 Å². The summed E-state index contributed by atoms with van der Waals surface area (Å²) in [6.45, 7) is 6.53. The normalized spacial score (nSPS) is 12.6. The molecule has 0 saturated carbocycles. The van der Waals surface area contributed by atoms with Gasteiger partial charge in [0.25, 0.3) is 0 Å². The lowest BCUT2D eigenvalue weighted by Crippen LogP contribution is -2.30. The second-order valence-corrected chi connectivity index (χ2v) is 22.4. The second kappa shape index (κ2) is 66.1. The third-order valence-corrected chi connectivity index (χ3v) is 14.6. The SMILES string of the molecule is CC/C=C\C/C=C\C/C=C\C/C=C\C/C=C\C/C=C\CCCCCCCCCCCCCCCCCCC(=O)OCC(COC(=O)CCCCCCCCCCCC)OC(=O)CCCCCCC/C=C\CCCCCCCC. The van der Waals surface area contributed by atoms with Crippen LogP contribution in [-0.2, 0) is 28.6 Å². The highest BCUT2D eigenvalue weighted by atomic mass is 16.6. The largest absolute Gasteiger partial charge is 0.462 e. The van der Waals surface area contributed by atoms with Crippen molar-refractivity contribution in [1.29, 1.82) is 0 Å². The summed E-state index contributed by atoms with van der Waals surface area (Å²) >= 11 is 0. The van der Waals surface area contributed by atoms with E-state index in [1.165, 1.54) is 193 Å². The Bertz CT molecular complexity index is 1480. The summed E-state index contributed by atoms with van der Waals surface area (Å²) in [7, 11) is 0. The van der Waals surface area contributed by atoms with Crippen LogP contribution in [0.4, 0.5) is 0 Å². The molecule has 450 valence electrons. The average Bonchev–Trinajstić information content (AvgIpc) is 3.44. The van der Waals surface area contributed by atoms with Crippen molar-refractivity contribution >= 4 is 17.9 Å². The highest BCUT2D eigenvalue weighted by Gasteiger charge is 2.19. The lowest BCUT2D eigenvalue weighted by molar-refractivity contribution is -0.167. The van der Waals surface area contributed by atoms with Crippen LogP contribution in [0.15, 0.2) is 85.1 Å². The van der Waals surface area contributed by atoms with Crippen molar-refractivity contribution in [3.63, 3.8) is 0 Å². The molecule has 0 amide bonds. The van der Waals surface area contributed by atoms with Gasteiger partial charge in [-0.3, -0.25) is 14.4 Å². The topological polar surface area (TPSA) is 78.9 Å². The van der Waals surface area contributed by atoms with Crippen LogP contribution in [0.3, 0.4) is 0 Å². The fourth-order valence-corrected chi connectivity index (χ4v) is 9.62. The van der Waals surface area contributed by atoms with Crippen molar-refractivity contribution in [1.82, 2.24) is 0 Å². The molecule has 0 bridgehead atoms. The molecule has 0 aliphatic rings. The number of hydrogen-bond acceptors (Lipinski definition) is 6. The molecule has 78 heavy (non-hydrogen) atoms. The summed E-state index contributed by atoms with van der Waals surface area (Å²) in [6.07, 6.45) is 87.6. The summed E-state index contributed by atoms with van der Waals surface area (Å²) in [6, 6.07) is 0. The molecule has 1 atom stereocenters. The van der Waals surface area contributed by atoms with Gasteiger partial charge in [-0.1, -0.05) is 305 Å². The van der Waals surface area contributed by atoms with Gasteiger partial charge in [0.1, 0.15) is 13.2 Å². The Hall–Kier alpha value is -3.41. The van der Waals surface area contributed by atoms with Gasteiger partial charge in [0.2, 0.25) is 0 Å². The smallest absolute Gasteiger partial charge is 0.306 e. The maximum absolute atomic E-state index is 12.9. The molecule has 0 aliphatic heterocycles. The molecule has 1 unspecified atom stereocenters. The minimum Gasteiger partial charge on any atom is -0.462 e. The minimum atomic E-state index is -0.776. The first-order chi connectivity index (χ1) is 38.5. The van der Waals surface area contributed by atoms with E-state index in [-0.39, 0.29) is 31.1 Å². The summed E-state index contributed by atoms with van der Waals surface area (Å²) in [5.74, 6) is -0.869. The Kier molecular flexibility index (Phi) is 63.2. The number of allylic oxidation sites excluding steroid dienone is 14. The van der Waals surface area contributed by atoms with Crippen LogP contribution in [0.5, 0.6) is 0 Å². The predicted octanol–water partition coefficient (Wildman–Crippen LogP) is 23.1. The number of esters is 3. The first kappa shape index (κ1) is 74.6. The molecule has 0 heterocycles. The number of hydrogen-bond donors (Lipinski definition) is 0. The van der Waals surface area contributed by atoms with E-state index in [9.17, 15) is 14.4 Å². The van der Waals surface area contributed by atoms with Crippen LogP contribution in [0, 0.1) is 0 Å². The zero-order valence-corrected chi connectivity index (χ0v) is 51.7. The first-order valence-corrected chi connectivity index (χ1v) is 33.6. The highest BCUT2D eigenvalue weighted by molar-refractivity contribution is 5.71. The molecule has 0 aromatic rings. The lowest BCUT2D eigenvalue weighted by atomic mass is 10.0. The van der Waals surface area contributed by atoms with E-state index >= 15 is 0 Å². The molecule has 0 aliphatic carbocycles. The monoisotopic (exact) mass is 1090 g/mol. The molecule has 0 radical (unpaired) electrons. The van der Waals surface area contributed by atoms with E-state index in [0.717, 1.165) is 103 Å². The van der Waals surface area contributed by atoms with E-state index in [1.807, 2.05) is 0 Å². The second-order valence-electron chi connectivity index (χ2n) is 22.4. The van der Waals surface area contributed by atoms with Crippen LogP contribution >= 0.6 is 0 Å². The van der Waals surface area contributed by atoms with Crippen LogP contribution in [0.25, 0.3) is 0 Å². The van der Waals surface area contributed by atoms with Crippen molar-refractivity contribution in [2.75, 3.05) is 13.2 Å². The summed E-state index contributed by atoms with van der Waals surface area (Å²) in [5, 5.41) is 0. The Morgan fingerprint density at radius 1 is 0.269 bits per heavy atom. The molecule has 0 N–H and O–H groups in total. The third kappa shape index (κ3) is 63.4. The maximum atomic E-state index is 12.9. The standard InChI is InChI=1S/C72H126O6/c1-4-7-10-13-16-19-22-24-26-27-28-29-30-31-32-33-34-35-36-37-38-39-40-41-42-43-44-45-47-48-50-53-56-59-62-65-71(74)77-68-69(67-76-70(73)64-61-58-55-52-21-18-15-12-9-6-3)78-72(75)66-63-60-57-54-51-49-46-25-23-20-17-14-11-8-5-2/h7,10,16,19,24-26,28-29,31-32,34-35,46,69H,4-6,8-9,11-15,17-18,20-23,27,30,33,36-45,47-68H2,1-3H3/b10-7-,19-16-,26-24-,29-28-,32-31-,35-34-,46-25-. The highest BCUT2D eigenvalue weighted by Crippen LogP contribution is 2.17. The molecule has 0 saturated heterocycles. The van der Waals surface area contributed by atoms with E-state index < -0.39 is 6.10 Å². The number of unbranched alkanes of at least 4 members (excludes halogenated alkanes) is 36.